The van der Waals surface area contributed by atoms with Gasteiger partial charge in [-0.2, -0.15) is 0 Å². The van der Waals surface area contributed by atoms with Crippen LogP contribution in [0, 0.1) is 0 Å². The number of aryl methyl sites for hydroxylation is 1. The molecule has 3 rings (SSSR count). The number of urea groups is 1. The molecule has 142 valence electrons. The highest BCUT2D eigenvalue weighted by Gasteiger charge is 2.20. The normalized spacial score (nSPS) is 15.5. The summed E-state index contributed by atoms with van der Waals surface area (Å²) in [6, 6.07) is 15.3. The predicted molar refractivity (Wildman–Crippen MR) is 107 cm³/mol. The Morgan fingerprint density at radius 1 is 1.00 bits per heavy atom. The van der Waals surface area contributed by atoms with Crippen LogP contribution in [0.5, 0.6) is 0 Å². The van der Waals surface area contributed by atoms with Crippen LogP contribution >= 0.6 is 11.6 Å². The fourth-order valence-corrected chi connectivity index (χ4v) is 3.50. The number of hydrogen-bond donors (Lipinski definition) is 3. The Bertz CT molecular complexity index is 792. The fourth-order valence-electron chi connectivity index (χ4n) is 3.37. The van der Waals surface area contributed by atoms with E-state index in [1.165, 1.54) is 11.1 Å². The number of carbonyl (C=O) groups is 2. The number of fused-ring (bicyclic) bond motifs is 1. The van der Waals surface area contributed by atoms with Crippen molar-refractivity contribution in [1.82, 2.24) is 16.0 Å². The van der Waals surface area contributed by atoms with Gasteiger partial charge in [0.25, 0.3) is 0 Å². The summed E-state index contributed by atoms with van der Waals surface area (Å²) in [5, 5.41) is 8.89. The van der Waals surface area contributed by atoms with E-state index in [0.717, 1.165) is 24.8 Å². The molecule has 1 aliphatic rings. The lowest BCUT2D eigenvalue weighted by Gasteiger charge is -2.25. The van der Waals surface area contributed by atoms with Crippen molar-refractivity contribution in [2.45, 2.75) is 31.7 Å². The monoisotopic (exact) mass is 385 g/mol. The van der Waals surface area contributed by atoms with Crippen LogP contribution in [0.25, 0.3) is 0 Å². The zero-order valence-corrected chi connectivity index (χ0v) is 15.9. The third-order valence-corrected chi connectivity index (χ3v) is 5.07. The van der Waals surface area contributed by atoms with Crippen LogP contribution in [0.1, 0.15) is 35.4 Å². The van der Waals surface area contributed by atoms with Gasteiger partial charge in [0.1, 0.15) is 0 Å². The topological polar surface area (TPSA) is 70.2 Å². The van der Waals surface area contributed by atoms with Crippen molar-refractivity contribution in [3.63, 3.8) is 0 Å². The Hall–Kier alpha value is -2.53. The molecule has 5 nitrogen and oxygen atoms in total. The first kappa shape index (κ1) is 19.2. The van der Waals surface area contributed by atoms with E-state index in [-0.39, 0.29) is 18.5 Å². The highest BCUT2D eigenvalue weighted by atomic mass is 35.5. The van der Waals surface area contributed by atoms with E-state index in [2.05, 4.69) is 34.1 Å². The summed E-state index contributed by atoms with van der Waals surface area (Å²) >= 11 is 5.83. The number of rotatable bonds is 6. The molecule has 0 heterocycles. The number of nitrogens with one attached hydrogen (secondary N) is 3. The molecule has 0 spiro atoms. The highest BCUT2D eigenvalue weighted by Crippen LogP contribution is 2.30. The predicted octanol–water partition coefficient (Wildman–Crippen LogP) is 3.38. The van der Waals surface area contributed by atoms with E-state index in [1.807, 2.05) is 18.2 Å². The summed E-state index contributed by atoms with van der Waals surface area (Å²) in [5.41, 5.74) is 3.65. The Balaban J connectivity index is 1.37. The van der Waals surface area contributed by atoms with Gasteiger partial charge in [-0.3, -0.25) is 4.79 Å². The molecule has 6 heteroatoms. The average Bonchev–Trinajstić information content (AvgIpc) is 2.70. The van der Waals surface area contributed by atoms with Crippen LogP contribution in [-0.4, -0.2) is 25.0 Å². The molecule has 0 bridgehead atoms. The van der Waals surface area contributed by atoms with Gasteiger partial charge in [-0.15, -0.1) is 0 Å². The van der Waals surface area contributed by atoms with Crippen LogP contribution in [0.2, 0.25) is 5.02 Å². The third-order valence-electron chi connectivity index (χ3n) is 4.82. The SMILES string of the molecule is O=C(CNC(=O)NCc1ccc(Cl)cc1)NCC1CCCc2ccccc21. The summed E-state index contributed by atoms with van der Waals surface area (Å²) in [6.07, 6.45) is 3.32. The number of amides is 3. The van der Waals surface area contributed by atoms with Gasteiger partial charge in [-0.1, -0.05) is 48.0 Å². The molecule has 0 fully saturated rings. The van der Waals surface area contributed by atoms with Crippen LogP contribution in [0.4, 0.5) is 4.79 Å². The van der Waals surface area contributed by atoms with Gasteiger partial charge in [0.15, 0.2) is 0 Å². The van der Waals surface area contributed by atoms with Crippen LogP contribution in [-0.2, 0) is 17.8 Å². The summed E-state index contributed by atoms with van der Waals surface area (Å²) in [7, 11) is 0. The summed E-state index contributed by atoms with van der Waals surface area (Å²) in [6.45, 7) is 0.939. The van der Waals surface area contributed by atoms with Gasteiger partial charge in [0, 0.05) is 24.0 Å². The molecule has 3 N–H and O–H groups in total. The number of hydrogen-bond acceptors (Lipinski definition) is 2. The first-order valence-corrected chi connectivity index (χ1v) is 9.60. The Kier molecular flexibility index (Phi) is 6.71. The Morgan fingerprint density at radius 3 is 2.59 bits per heavy atom. The lowest BCUT2D eigenvalue weighted by molar-refractivity contribution is -0.120. The first-order valence-electron chi connectivity index (χ1n) is 9.22. The summed E-state index contributed by atoms with van der Waals surface area (Å²) in [5.74, 6) is 0.164. The molecule has 0 saturated heterocycles. The minimum Gasteiger partial charge on any atom is -0.354 e. The summed E-state index contributed by atoms with van der Waals surface area (Å²) < 4.78 is 0. The van der Waals surface area contributed by atoms with Crippen molar-refractivity contribution in [2.75, 3.05) is 13.1 Å². The zero-order chi connectivity index (χ0) is 19.1. The van der Waals surface area contributed by atoms with E-state index in [1.54, 1.807) is 12.1 Å². The third kappa shape index (κ3) is 5.73. The van der Waals surface area contributed by atoms with Crippen LogP contribution < -0.4 is 16.0 Å². The second-order valence-electron chi connectivity index (χ2n) is 6.75. The molecule has 1 atom stereocenters. The molecular formula is C21H24ClN3O2. The smallest absolute Gasteiger partial charge is 0.315 e. The molecule has 0 radical (unpaired) electrons. The maximum absolute atomic E-state index is 12.0. The lowest BCUT2D eigenvalue weighted by atomic mass is 9.83. The molecule has 1 unspecified atom stereocenters. The van der Waals surface area contributed by atoms with Gasteiger partial charge in [0.2, 0.25) is 5.91 Å². The number of carbonyl (C=O) groups excluding carboxylic acids is 2. The largest absolute Gasteiger partial charge is 0.354 e. The van der Waals surface area contributed by atoms with E-state index < -0.39 is 0 Å². The van der Waals surface area contributed by atoms with Gasteiger partial charge >= 0.3 is 6.03 Å². The zero-order valence-electron chi connectivity index (χ0n) is 15.1. The van der Waals surface area contributed by atoms with Gasteiger partial charge in [0.05, 0.1) is 6.54 Å². The number of benzene rings is 2. The first-order chi connectivity index (χ1) is 13.1. The maximum atomic E-state index is 12.0. The molecule has 0 saturated carbocycles. The molecule has 3 amide bonds. The second kappa shape index (κ2) is 9.42. The molecule has 0 aliphatic heterocycles. The molecule has 2 aromatic carbocycles. The van der Waals surface area contributed by atoms with Gasteiger partial charge < -0.3 is 16.0 Å². The van der Waals surface area contributed by atoms with Gasteiger partial charge in [-0.05, 0) is 48.1 Å². The number of halogens is 1. The molecule has 2 aromatic rings. The fraction of sp³-hybridized carbons (Fsp3) is 0.333. The summed E-state index contributed by atoms with van der Waals surface area (Å²) in [4.78, 5) is 23.9. The van der Waals surface area contributed by atoms with Crippen LogP contribution in [0.15, 0.2) is 48.5 Å². The minimum absolute atomic E-state index is 0.0409. The molecule has 27 heavy (non-hydrogen) atoms. The van der Waals surface area contributed by atoms with E-state index in [9.17, 15) is 9.59 Å². The Labute approximate surface area is 164 Å². The van der Waals surface area contributed by atoms with Gasteiger partial charge in [-0.25, -0.2) is 4.79 Å². The molecule has 0 aromatic heterocycles. The minimum atomic E-state index is -0.372. The maximum Gasteiger partial charge on any atom is 0.315 e. The molecular weight excluding hydrogens is 362 g/mol. The van der Waals surface area contributed by atoms with Crippen molar-refractivity contribution >= 4 is 23.5 Å². The molecule has 1 aliphatic carbocycles. The van der Waals surface area contributed by atoms with Crippen molar-refractivity contribution in [2.24, 2.45) is 0 Å². The van der Waals surface area contributed by atoms with E-state index >= 15 is 0 Å². The average molecular weight is 386 g/mol. The van der Waals surface area contributed by atoms with Crippen LogP contribution in [0.3, 0.4) is 0 Å². The van der Waals surface area contributed by atoms with E-state index in [4.69, 9.17) is 11.6 Å². The van der Waals surface area contributed by atoms with Crippen molar-refractivity contribution in [1.29, 1.82) is 0 Å². The second-order valence-corrected chi connectivity index (χ2v) is 7.19. The standard InChI is InChI=1S/C21H24ClN3O2/c22-18-10-8-15(9-11-18)12-24-21(27)25-14-20(26)23-13-17-6-3-5-16-4-1-2-7-19(16)17/h1-2,4,7-11,17H,3,5-6,12-14H2,(H,23,26)(H2,24,25,27). The Morgan fingerprint density at radius 2 is 1.78 bits per heavy atom. The van der Waals surface area contributed by atoms with E-state index in [0.29, 0.717) is 24.0 Å². The van der Waals surface area contributed by atoms with Crippen molar-refractivity contribution in [3.05, 3.63) is 70.2 Å². The van der Waals surface area contributed by atoms with Crippen molar-refractivity contribution < 1.29 is 9.59 Å². The lowest BCUT2D eigenvalue weighted by Crippen LogP contribution is -2.42. The quantitative estimate of drug-likeness (QED) is 0.713. The highest BCUT2D eigenvalue weighted by molar-refractivity contribution is 6.30. The van der Waals surface area contributed by atoms with Crippen molar-refractivity contribution in [3.8, 4) is 0 Å².